The second-order valence-corrected chi connectivity index (χ2v) is 6.22. The lowest BCUT2D eigenvalue weighted by Crippen LogP contribution is -2.40. The van der Waals surface area contributed by atoms with Crippen LogP contribution in [-0.4, -0.2) is 49.2 Å². The van der Waals surface area contributed by atoms with Crippen LogP contribution in [0.1, 0.15) is 12.8 Å². The fraction of sp³-hybridized carbons (Fsp3) is 0.421. The fourth-order valence-corrected chi connectivity index (χ4v) is 2.98. The zero-order chi connectivity index (χ0) is 18.2. The van der Waals surface area contributed by atoms with Gasteiger partial charge in [0.25, 0.3) is 5.91 Å². The van der Waals surface area contributed by atoms with E-state index in [4.69, 9.17) is 9.47 Å². The number of anilines is 1. The van der Waals surface area contributed by atoms with Gasteiger partial charge in [0.05, 0.1) is 7.11 Å². The van der Waals surface area contributed by atoms with Gasteiger partial charge in [-0.1, -0.05) is 12.1 Å². The summed E-state index contributed by atoms with van der Waals surface area (Å²) < 4.78 is 10.8. The van der Waals surface area contributed by atoms with Crippen molar-refractivity contribution in [2.45, 2.75) is 12.8 Å². The maximum absolute atomic E-state index is 12.0. The van der Waals surface area contributed by atoms with Crippen LogP contribution in [0.2, 0.25) is 0 Å². The van der Waals surface area contributed by atoms with Crippen LogP contribution in [-0.2, 0) is 4.79 Å². The average molecular weight is 356 g/mol. The number of carbonyl (C=O) groups is 1. The number of benzene rings is 1. The summed E-state index contributed by atoms with van der Waals surface area (Å²) in [4.78, 5) is 22.8. The summed E-state index contributed by atoms with van der Waals surface area (Å²) in [5, 5.41) is 2.96. The molecule has 1 aliphatic rings. The number of carbonyl (C=O) groups excluding carboxylic acids is 1. The molecule has 1 saturated heterocycles. The largest absolute Gasteiger partial charge is 0.493 e. The van der Waals surface area contributed by atoms with Gasteiger partial charge in [-0.05, 0) is 37.0 Å². The van der Waals surface area contributed by atoms with Gasteiger partial charge >= 0.3 is 0 Å². The number of hydrogen-bond donors (Lipinski definition) is 1. The Morgan fingerprint density at radius 2 is 1.85 bits per heavy atom. The molecule has 1 aliphatic heterocycles. The molecular weight excluding hydrogens is 332 g/mol. The minimum absolute atomic E-state index is 0.0168. The highest BCUT2D eigenvalue weighted by Gasteiger charge is 2.21. The molecule has 1 N–H and O–H groups in total. The van der Waals surface area contributed by atoms with Gasteiger partial charge in [-0.2, -0.15) is 0 Å². The fourth-order valence-electron chi connectivity index (χ4n) is 2.98. The van der Waals surface area contributed by atoms with E-state index in [0.29, 0.717) is 24.0 Å². The zero-order valence-corrected chi connectivity index (χ0v) is 14.9. The van der Waals surface area contributed by atoms with Gasteiger partial charge in [-0.15, -0.1) is 0 Å². The van der Waals surface area contributed by atoms with E-state index in [1.807, 2.05) is 18.2 Å². The lowest BCUT2D eigenvalue weighted by Gasteiger charge is -2.31. The second-order valence-electron chi connectivity index (χ2n) is 6.22. The van der Waals surface area contributed by atoms with Gasteiger partial charge in [0.1, 0.15) is 0 Å². The molecule has 0 atom stereocenters. The summed E-state index contributed by atoms with van der Waals surface area (Å²) >= 11 is 0. The molecule has 0 radical (unpaired) electrons. The topological polar surface area (TPSA) is 76.6 Å². The SMILES string of the molecule is COc1ccccc1OCC(=O)NCC1CCN(c2ncccn2)CC1. The molecule has 7 nitrogen and oxygen atoms in total. The van der Waals surface area contributed by atoms with Crippen molar-refractivity contribution in [3.8, 4) is 11.5 Å². The normalized spacial score (nSPS) is 14.7. The summed E-state index contributed by atoms with van der Waals surface area (Å²) in [6, 6.07) is 9.11. The Balaban J connectivity index is 1.38. The molecule has 0 saturated carbocycles. The number of aromatic nitrogens is 2. The molecule has 0 bridgehead atoms. The van der Waals surface area contributed by atoms with Crippen molar-refractivity contribution in [2.24, 2.45) is 5.92 Å². The lowest BCUT2D eigenvalue weighted by atomic mass is 9.97. The van der Waals surface area contributed by atoms with Crippen molar-refractivity contribution < 1.29 is 14.3 Å². The second kappa shape index (κ2) is 9.03. The first-order valence-corrected chi connectivity index (χ1v) is 8.80. The summed E-state index contributed by atoms with van der Waals surface area (Å²) in [5.74, 6) is 2.31. The Bertz CT molecular complexity index is 703. The first kappa shape index (κ1) is 18.0. The molecule has 0 aliphatic carbocycles. The van der Waals surface area contributed by atoms with Crippen LogP contribution in [0, 0.1) is 5.92 Å². The molecule has 0 spiro atoms. The molecule has 3 rings (SSSR count). The number of amides is 1. The molecule has 1 amide bonds. The summed E-state index contributed by atoms with van der Waals surface area (Å²) in [6.45, 7) is 2.46. The minimum atomic E-state index is -0.121. The Labute approximate surface area is 153 Å². The van der Waals surface area contributed by atoms with Gasteiger partial charge in [0.2, 0.25) is 5.95 Å². The molecule has 2 heterocycles. The number of rotatable bonds is 7. The Kier molecular flexibility index (Phi) is 6.24. The van der Waals surface area contributed by atoms with E-state index in [0.717, 1.165) is 31.9 Å². The summed E-state index contributed by atoms with van der Waals surface area (Å²) in [6.07, 6.45) is 5.53. The van der Waals surface area contributed by atoms with Gasteiger partial charge in [0, 0.05) is 32.0 Å². The van der Waals surface area contributed by atoms with Crippen molar-refractivity contribution in [1.82, 2.24) is 15.3 Å². The Hall–Kier alpha value is -2.83. The van der Waals surface area contributed by atoms with Gasteiger partial charge in [-0.3, -0.25) is 4.79 Å². The van der Waals surface area contributed by atoms with Crippen LogP contribution in [0.5, 0.6) is 11.5 Å². The highest BCUT2D eigenvalue weighted by molar-refractivity contribution is 5.77. The molecule has 1 fully saturated rings. The van der Waals surface area contributed by atoms with Crippen LogP contribution in [0.15, 0.2) is 42.7 Å². The lowest BCUT2D eigenvalue weighted by molar-refractivity contribution is -0.123. The maximum Gasteiger partial charge on any atom is 0.257 e. The summed E-state index contributed by atoms with van der Waals surface area (Å²) in [5.41, 5.74) is 0. The molecule has 0 unspecified atom stereocenters. The molecule has 1 aromatic carbocycles. The van der Waals surface area contributed by atoms with Gasteiger partial charge < -0.3 is 19.7 Å². The molecule has 2 aromatic rings. The minimum Gasteiger partial charge on any atom is -0.493 e. The third-order valence-electron chi connectivity index (χ3n) is 4.47. The standard InChI is InChI=1S/C19H24N4O3/c1-25-16-5-2-3-6-17(16)26-14-18(24)22-13-15-7-11-23(12-8-15)19-20-9-4-10-21-19/h2-6,9-10,15H,7-8,11-14H2,1H3,(H,22,24). The highest BCUT2D eigenvalue weighted by Crippen LogP contribution is 2.25. The monoisotopic (exact) mass is 356 g/mol. The van der Waals surface area contributed by atoms with Crippen molar-refractivity contribution >= 4 is 11.9 Å². The number of piperidine rings is 1. The number of methoxy groups -OCH3 is 1. The molecule has 138 valence electrons. The van der Waals surface area contributed by atoms with E-state index in [1.54, 1.807) is 31.6 Å². The van der Waals surface area contributed by atoms with Crippen LogP contribution < -0.4 is 19.7 Å². The van der Waals surface area contributed by atoms with E-state index in [-0.39, 0.29) is 12.5 Å². The number of nitrogens with zero attached hydrogens (tertiary/aromatic N) is 3. The van der Waals surface area contributed by atoms with E-state index in [1.165, 1.54) is 0 Å². The predicted molar refractivity (Wildman–Crippen MR) is 98.5 cm³/mol. The average Bonchev–Trinajstić information content (AvgIpc) is 2.72. The third kappa shape index (κ3) is 4.84. The van der Waals surface area contributed by atoms with E-state index in [2.05, 4.69) is 20.2 Å². The van der Waals surface area contributed by atoms with Crippen molar-refractivity contribution in [3.63, 3.8) is 0 Å². The number of para-hydroxylation sites is 2. The number of ether oxygens (including phenoxy) is 2. The van der Waals surface area contributed by atoms with Crippen LogP contribution in [0.3, 0.4) is 0 Å². The first-order chi connectivity index (χ1) is 12.8. The van der Waals surface area contributed by atoms with Gasteiger partial charge in [0.15, 0.2) is 18.1 Å². The van der Waals surface area contributed by atoms with Crippen molar-refractivity contribution in [2.75, 3.05) is 38.3 Å². The summed E-state index contributed by atoms with van der Waals surface area (Å²) in [7, 11) is 1.58. The van der Waals surface area contributed by atoms with E-state index < -0.39 is 0 Å². The zero-order valence-electron chi connectivity index (χ0n) is 14.9. The quantitative estimate of drug-likeness (QED) is 0.816. The highest BCUT2D eigenvalue weighted by atomic mass is 16.5. The first-order valence-electron chi connectivity index (χ1n) is 8.80. The Morgan fingerprint density at radius 3 is 2.54 bits per heavy atom. The van der Waals surface area contributed by atoms with Crippen LogP contribution >= 0.6 is 0 Å². The predicted octanol–water partition coefficient (Wildman–Crippen LogP) is 1.90. The van der Waals surface area contributed by atoms with Gasteiger partial charge in [-0.25, -0.2) is 9.97 Å². The molecule has 26 heavy (non-hydrogen) atoms. The smallest absolute Gasteiger partial charge is 0.257 e. The van der Waals surface area contributed by atoms with Crippen LogP contribution in [0.4, 0.5) is 5.95 Å². The van der Waals surface area contributed by atoms with Crippen molar-refractivity contribution in [1.29, 1.82) is 0 Å². The van der Waals surface area contributed by atoms with Crippen LogP contribution in [0.25, 0.3) is 0 Å². The number of hydrogen-bond acceptors (Lipinski definition) is 6. The van der Waals surface area contributed by atoms with E-state index >= 15 is 0 Å². The third-order valence-corrected chi connectivity index (χ3v) is 4.47. The molecule has 7 heteroatoms. The van der Waals surface area contributed by atoms with E-state index in [9.17, 15) is 4.79 Å². The van der Waals surface area contributed by atoms with Crippen molar-refractivity contribution in [3.05, 3.63) is 42.7 Å². The maximum atomic E-state index is 12.0. The number of nitrogens with one attached hydrogen (secondary N) is 1. The molecular formula is C19H24N4O3. The molecule has 1 aromatic heterocycles. The Morgan fingerprint density at radius 1 is 1.15 bits per heavy atom.